The lowest BCUT2D eigenvalue weighted by Gasteiger charge is -2.15. The van der Waals surface area contributed by atoms with E-state index in [1.807, 2.05) is 12.1 Å². The van der Waals surface area contributed by atoms with Crippen LogP contribution in [0.15, 0.2) is 18.2 Å². The van der Waals surface area contributed by atoms with Crippen LogP contribution in [-0.2, 0) is 6.42 Å². The number of benzene rings is 1. The summed E-state index contributed by atoms with van der Waals surface area (Å²) in [7, 11) is 0. The van der Waals surface area contributed by atoms with Gasteiger partial charge in [0.15, 0.2) is 0 Å². The third-order valence-electron chi connectivity index (χ3n) is 2.79. The van der Waals surface area contributed by atoms with Crippen LogP contribution in [0.4, 0.5) is 18.9 Å². The molecule has 0 fully saturated rings. The molecule has 0 aromatic heterocycles. The number of nitrogens with one attached hydrogen (secondary N) is 1. The van der Waals surface area contributed by atoms with Crippen molar-refractivity contribution in [1.29, 1.82) is 0 Å². The molecule has 1 aliphatic carbocycles. The number of halogens is 3. The van der Waals surface area contributed by atoms with Gasteiger partial charge in [-0.1, -0.05) is 6.07 Å². The highest BCUT2D eigenvalue weighted by molar-refractivity contribution is 5.47. The predicted octanol–water partition coefficient (Wildman–Crippen LogP) is 2.41. The van der Waals surface area contributed by atoms with E-state index in [4.69, 9.17) is 5.73 Å². The number of fused-ring (bicyclic) bond motifs is 1. The molecular formula is C11H13F3N2. The van der Waals surface area contributed by atoms with Gasteiger partial charge in [0, 0.05) is 11.7 Å². The standard InChI is InChI=1S/C11H13F3N2/c12-11(13,14)6-16-10-4-1-7-5-8(15)2-3-9(7)10/h2-3,5,10,16H,1,4,6,15H2. The van der Waals surface area contributed by atoms with Crippen molar-refractivity contribution in [3.8, 4) is 0 Å². The van der Waals surface area contributed by atoms with Gasteiger partial charge in [0.05, 0.1) is 6.54 Å². The normalized spacial score (nSPS) is 19.8. The van der Waals surface area contributed by atoms with Crippen LogP contribution >= 0.6 is 0 Å². The third-order valence-corrected chi connectivity index (χ3v) is 2.79. The largest absolute Gasteiger partial charge is 0.401 e. The molecule has 88 valence electrons. The Kier molecular flexibility index (Phi) is 2.80. The Morgan fingerprint density at radius 3 is 2.81 bits per heavy atom. The molecule has 0 saturated carbocycles. The fourth-order valence-electron chi connectivity index (χ4n) is 2.09. The number of anilines is 1. The lowest BCUT2D eigenvalue weighted by molar-refractivity contribution is -0.126. The van der Waals surface area contributed by atoms with E-state index < -0.39 is 12.7 Å². The third kappa shape index (κ3) is 2.47. The highest BCUT2D eigenvalue weighted by atomic mass is 19.4. The van der Waals surface area contributed by atoms with E-state index in [1.54, 1.807) is 6.07 Å². The van der Waals surface area contributed by atoms with Crippen molar-refractivity contribution in [2.24, 2.45) is 0 Å². The fourth-order valence-corrected chi connectivity index (χ4v) is 2.09. The lowest BCUT2D eigenvalue weighted by atomic mass is 10.1. The molecule has 1 atom stereocenters. The Bertz CT molecular complexity index is 387. The van der Waals surface area contributed by atoms with Gasteiger partial charge in [0.25, 0.3) is 0 Å². The quantitative estimate of drug-likeness (QED) is 0.766. The van der Waals surface area contributed by atoms with Crippen LogP contribution in [-0.4, -0.2) is 12.7 Å². The van der Waals surface area contributed by atoms with Gasteiger partial charge in [-0.3, -0.25) is 0 Å². The smallest absolute Gasteiger partial charge is 0.399 e. The zero-order valence-electron chi connectivity index (χ0n) is 8.64. The Labute approximate surface area is 91.6 Å². The first kappa shape index (κ1) is 11.3. The number of hydrogen-bond donors (Lipinski definition) is 2. The van der Waals surface area contributed by atoms with Crippen LogP contribution in [0.25, 0.3) is 0 Å². The molecule has 3 N–H and O–H groups in total. The summed E-state index contributed by atoms with van der Waals surface area (Å²) < 4.78 is 36.2. The number of rotatable bonds is 2. The van der Waals surface area contributed by atoms with Crippen molar-refractivity contribution >= 4 is 5.69 Å². The summed E-state index contributed by atoms with van der Waals surface area (Å²) in [6.07, 6.45) is -2.67. The number of aryl methyl sites for hydroxylation is 1. The van der Waals surface area contributed by atoms with E-state index in [2.05, 4.69) is 5.32 Å². The molecule has 0 bridgehead atoms. The fraction of sp³-hybridized carbons (Fsp3) is 0.455. The highest BCUT2D eigenvalue weighted by Crippen LogP contribution is 2.32. The summed E-state index contributed by atoms with van der Waals surface area (Å²) in [6.45, 7) is -0.943. The molecule has 0 heterocycles. The highest BCUT2D eigenvalue weighted by Gasteiger charge is 2.30. The van der Waals surface area contributed by atoms with Crippen LogP contribution in [0, 0.1) is 0 Å². The first-order chi connectivity index (χ1) is 7.46. The Hall–Kier alpha value is -1.23. The summed E-state index contributed by atoms with van der Waals surface area (Å²) in [5.74, 6) is 0. The minimum absolute atomic E-state index is 0.197. The maximum atomic E-state index is 12.1. The SMILES string of the molecule is Nc1ccc2c(c1)CCC2NCC(F)(F)F. The van der Waals surface area contributed by atoms with Crippen LogP contribution in [0.5, 0.6) is 0 Å². The molecule has 1 aromatic carbocycles. The zero-order valence-corrected chi connectivity index (χ0v) is 8.64. The van der Waals surface area contributed by atoms with Gasteiger partial charge in [0.2, 0.25) is 0 Å². The summed E-state index contributed by atoms with van der Waals surface area (Å²) >= 11 is 0. The summed E-state index contributed by atoms with van der Waals surface area (Å²) in [4.78, 5) is 0. The Balaban J connectivity index is 2.06. The average molecular weight is 230 g/mol. The summed E-state index contributed by atoms with van der Waals surface area (Å²) in [5.41, 5.74) is 8.28. The van der Waals surface area contributed by atoms with Gasteiger partial charge in [0.1, 0.15) is 0 Å². The van der Waals surface area contributed by atoms with Crippen LogP contribution in [0.3, 0.4) is 0 Å². The van der Waals surface area contributed by atoms with Gasteiger partial charge in [-0.2, -0.15) is 13.2 Å². The number of nitrogen functional groups attached to an aromatic ring is 1. The van der Waals surface area contributed by atoms with Gasteiger partial charge in [-0.25, -0.2) is 0 Å². The van der Waals surface area contributed by atoms with Gasteiger partial charge in [-0.05, 0) is 36.1 Å². The molecule has 0 amide bonds. The van der Waals surface area contributed by atoms with E-state index >= 15 is 0 Å². The second-order valence-corrected chi connectivity index (χ2v) is 4.05. The van der Waals surface area contributed by atoms with Crippen LogP contribution < -0.4 is 11.1 Å². The van der Waals surface area contributed by atoms with Crippen molar-refractivity contribution in [2.75, 3.05) is 12.3 Å². The molecule has 2 rings (SSSR count). The van der Waals surface area contributed by atoms with Crippen molar-refractivity contribution in [3.63, 3.8) is 0 Å². The topological polar surface area (TPSA) is 38.0 Å². The van der Waals surface area contributed by atoms with Gasteiger partial charge >= 0.3 is 6.18 Å². The molecule has 0 spiro atoms. The van der Waals surface area contributed by atoms with Crippen LogP contribution in [0.2, 0.25) is 0 Å². The lowest BCUT2D eigenvalue weighted by Crippen LogP contribution is -2.31. The molecule has 1 aliphatic rings. The number of hydrogen-bond acceptors (Lipinski definition) is 2. The van der Waals surface area contributed by atoms with Gasteiger partial charge < -0.3 is 11.1 Å². The molecule has 0 aliphatic heterocycles. The Morgan fingerprint density at radius 2 is 2.12 bits per heavy atom. The maximum absolute atomic E-state index is 12.1. The maximum Gasteiger partial charge on any atom is 0.401 e. The average Bonchev–Trinajstić information content (AvgIpc) is 2.56. The second kappa shape index (κ2) is 3.97. The first-order valence-corrected chi connectivity index (χ1v) is 5.14. The van der Waals surface area contributed by atoms with E-state index in [0.29, 0.717) is 12.1 Å². The molecule has 16 heavy (non-hydrogen) atoms. The van der Waals surface area contributed by atoms with E-state index in [9.17, 15) is 13.2 Å². The van der Waals surface area contributed by atoms with E-state index in [-0.39, 0.29) is 6.04 Å². The van der Waals surface area contributed by atoms with Crippen molar-refractivity contribution in [1.82, 2.24) is 5.32 Å². The summed E-state index contributed by atoms with van der Waals surface area (Å²) in [5, 5.41) is 2.53. The Morgan fingerprint density at radius 1 is 1.38 bits per heavy atom. The molecular weight excluding hydrogens is 217 g/mol. The van der Waals surface area contributed by atoms with Crippen molar-refractivity contribution in [2.45, 2.75) is 25.1 Å². The first-order valence-electron chi connectivity index (χ1n) is 5.14. The van der Waals surface area contributed by atoms with Gasteiger partial charge in [-0.15, -0.1) is 0 Å². The number of nitrogens with two attached hydrogens (primary N) is 1. The minimum atomic E-state index is -4.16. The summed E-state index contributed by atoms with van der Waals surface area (Å²) in [6, 6.07) is 5.18. The minimum Gasteiger partial charge on any atom is -0.399 e. The van der Waals surface area contributed by atoms with Crippen molar-refractivity contribution < 1.29 is 13.2 Å². The van der Waals surface area contributed by atoms with Crippen LogP contribution in [0.1, 0.15) is 23.6 Å². The van der Waals surface area contributed by atoms with Crippen molar-refractivity contribution in [3.05, 3.63) is 29.3 Å². The predicted molar refractivity (Wildman–Crippen MR) is 56.0 cm³/mol. The molecule has 0 saturated heterocycles. The molecule has 5 heteroatoms. The monoisotopic (exact) mass is 230 g/mol. The zero-order chi connectivity index (χ0) is 11.8. The van der Waals surface area contributed by atoms with E-state index in [1.165, 1.54) is 0 Å². The van der Waals surface area contributed by atoms with E-state index in [0.717, 1.165) is 17.5 Å². The second-order valence-electron chi connectivity index (χ2n) is 4.05. The molecule has 1 unspecified atom stereocenters. The molecule has 2 nitrogen and oxygen atoms in total. The molecule has 0 radical (unpaired) electrons. The molecule has 1 aromatic rings. The number of alkyl halides is 3.